The van der Waals surface area contributed by atoms with Crippen LogP contribution in [-0.2, 0) is 5.60 Å². The first-order chi connectivity index (χ1) is 15.1. The van der Waals surface area contributed by atoms with Crippen LogP contribution in [0.25, 0.3) is 11.3 Å². The van der Waals surface area contributed by atoms with Crippen LogP contribution in [0.1, 0.15) is 59.2 Å². The fraction of sp³-hybridized carbons (Fsp3) is 0.458. The van der Waals surface area contributed by atoms with E-state index in [2.05, 4.69) is 21.9 Å². The van der Waals surface area contributed by atoms with Gasteiger partial charge in [0.05, 0.1) is 23.8 Å². The van der Waals surface area contributed by atoms with Crippen LogP contribution in [-0.4, -0.2) is 37.4 Å². The summed E-state index contributed by atoms with van der Waals surface area (Å²) in [5, 5.41) is 15.0. The Bertz CT molecular complexity index is 1100. The van der Waals surface area contributed by atoms with Gasteiger partial charge in [0.25, 0.3) is 0 Å². The van der Waals surface area contributed by atoms with Crippen LogP contribution in [0.15, 0.2) is 36.8 Å². The molecular weight excluding hydrogens is 404 g/mol. The molecule has 1 aliphatic heterocycles. The molecule has 4 heterocycles. The van der Waals surface area contributed by atoms with Gasteiger partial charge in [0.1, 0.15) is 5.60 Å². The summed E-state index contributed by atoms with van der Waals surface area (Å²) in [5.41, 5.74) is 8.18. The minimum Gasteiger partial charge on any atom is -0.450 e. The molecule has 3 aromatic heterocycles. The van der Waals surface area contributed by atoms with Crippen molar-refractivity contribution in [2.75, 3.05) is 17.2 Å². The minimum atomic E-state index is -1.07. The molecule has 3 aromatic rings. The van der Waals surface area contributed by atoms with Gasteiger partial charge in [-0.3, -0.25) is 4.68 Å². The second-order valence-electron chi connectivity index (χ2n) is 9.30. The van der Waals surface area contributed by atoms with E-state index in [0.717, 1.165) is 30.6 Å². The summed E-state index contributed by atoms with van der Waals surface area (Å²) in [6.45, 7) is 10.8. The van der Waals surface area contributed by atoms with Gasteiger partial charge in [-0.2, -0.15) is 5.10 Å². The van der Waals surface area contributed by atoms with Crippen molar-refractivity contribution in [3.05, 3.63) is 42.5 Å². The van der Waals surface area contributed by atoms with E-state index in [9.17, 15) is 5.11 Å². The van der Waals surface area contributed by atoms with Gasteiger partial charge >= 0.3 is 0 Å². The molecule has 1 fully saturated rings. The summed E-state index contributed by atoms with van der Waals surface area (Å²) < 4.78 is 7.81. The standard InChI is InChI=1S/C24H32N6O2/c1-15(2)30-14-19(13-27-30)32-21-9-17(12-26-23(21)25)20-10-18(29-8-6-7-16(29)3)11-22(28-20)24(4,5)31/h9-16,31H,6-8H2,1-5H3,(H2,25,26)/t16-/m1/s1. The quantitative estimate of drug-likeness (QED) is 0.586. The molecular formula is C24H32N6O2. The third-order valence-electron chi connectivity index (χ3n) is 5.83. The van der Waals surface area contributed by atoms with E-state index in [-0.39, 0.29) is 11.9 Å². The van der Waals surface area contributed by atoms with Crippen molar-refractivity contribution in [3.8, 4) is 22.8 Å². The fourth-order valence-electron chi connectivity index (χ4n) is 3.92. The minimum absolute atomic E-state index is 0.231. The molecule has 8 heteroatoms. The number of nitrogen functional groups attached to an aromatic ring is 1. The number of hydrogen-bond donors (Lipinski definition) is 2. The highest BCUT2D eigenvalue weighted by atomic mass is 16.5. The predicted octanol–water partition coefficient (Wildman–Crippen LogP) is 4.51. The monoisotopic (exact) mass is 436 g/mol. The highest BCUT2D eigenvalue weighted by Crippen LogP contribution is 2.35. The molecule has 0 bridgehead atoms. The van der Waals surface area contributed by atoms with Gasteiger partial charge < -0.3 is 20.5 Å². The number of aromatic nitrogens is 4. The summed E-state index contributed by atoms with van der Waals surface area (Å²) in [7, 11) is 0. The molecule has 1 aliphatic rings. The zero-order chi connectivity index (χ0) is 23.0. The lowest BCUT2D eigenvalue weighted by Crippen LogP contribution is -2.27. The molecule has 0 aliphatic carbocycles. The van der Waals surface area contributed by atoms with Gasteiger partial charge in [-0.05, 0) is 65.7 Å². The number of nitrogens with zero attached hydrogens (tertiary/aromatic N) is 5. The largest absolute Gasteiger partial charge is 0.450 e. The maximum atomic E-state index is 10.7. The Morgan fingerprint density at radius 2 is 2.00 bits per heavy atom. The molecule has 0 saturated carbocycles. The van der Waals surface area contributed by atoms with Crippen LogP contribution in [0.2, 0.25) is 0 Å². The molecule has 8 nitrogen and oxygen atoms in total. The average Bonchev–Trinajstić information content (AvgIpc) is 3.38. The smallest absolute Gasteiger partial charge is 0.170 e. The lowest BCUT2D eigenvalue weighted by Gasteiger charge is -2.27. The Balaban J connectivity index is 1.73. The van der Waals surface area contributed by atoms with Crippen molar-refractivity contribution in [1.29, 1.82) is 0 Å². The second kappa shape index (κ2) is 8.43. The molecule has 0 aromatic carbocycles. The van der Waals surface area contributed by atoms with Crippen molar-refractivity contribution >= 4 is 11.5 Å². The van der Waals surface area contributed by atoms with Crippen molar-refractivity contribution in [2.45, 2.75) is 65.1 Å². The van der Waals surface area contributed by atoms with Crippen molar-refractivity contribution in [1.82, 2.24) is 19.7 Å². The zero-order valence-corrected chi connectivity index (χ0v) is 19.4. The highest BCUT2D eigenvalue weighted by Gasteiger charge is 2.25. The fourth-order valence-corrected chi connectivity index (χ4v) is 3.92. The average molecular weight is 437 g/mol. The summed E-state index contributed by atoms with van der Waals surface area (Å²) >= 11 is 0. The van der Waals surface area contributed by atoms with Crippen LogP contribution < -0.4 is 15.4 Å². The van der Waals surface area contributed by atoms with E-state index in [1.807, 2.05) is 42.9 Å². The molecule has 0 radical (unpaired) electrons. The first-order valence-corrected chi connectivity index (χ1v) is 11.1. The molecule has 32 heavy (non-hydrogen) atoms. The van der Waals surface area contributed by atoms with Crippen LogP contribution in [0.5, 0.6) is 11.5 Å². The summed E-state index contributed by atoms with van der Waals surface area (Å²) in [5.74, 6) is 1.32. The van der Waals surface area contributed by atoms with Gasteiger partial charge in [-0.15, -0.1) is 0 Å². The topological polar surface area (TPSA) is 102 Å². The molecule has 0 spiro atoms. The molecule has 170 valence electrons. The van der Waals surface area contributed by atoms with Gasteiger partial charge in [-0.25, -0.2) is 9.97 Å². The number of aliphatic hydroxyl groups is 1. The molecule has 1 saturated heterocycles. The van der Waals surface area contributed by atoms with E-state index in [1.54, 1.807) is 26.2 Å². The van der Waals surface area contributed by atoms with E-state index >= 15 is 0 Å². The first-order valence-electron chi connectivity index (χ1n) is 11.1. The number of nitrogens with two attached hydrogens (primary N) is 1. The van der Waals surface area contributed by atoms with Gasteiger partial charge in [-0.1, -0.05) is 0 Å². The lowest BCUT2D eigenvalue weighted by molar-refractivity contribution is 0.0740. The summed E-state index contributed by atoms with van der Waals surface area (Å²) in [4.78, 5) is 11.4. The number of pyridine rings is 2. The SMILES string of the molecule is CC(C)n1cc(Oc2cc(-c3cc(N4CCC[C@H]4C)cc(C(C)(C)O)n3)cnc2N)cn1. The summed E-state index contributed by atoms with van der Waals surface area (Å²) in [6, 6.07) is 6.54. The number of ether oxygens (including phenoxy) is 1. The Kier molecular flexibility index (Phi) is 5.81. The first kappa shape index (κ1) is 22.1. The molecule has 4 rings (SSSR count). The number of hydrogen-bond acceptors (Lipinski definition) is 7. The van der Waals surface area contributed by atoms with Crippen LogP contribution >= 0.6 is 0 Å². The van der Waals surface area contributed by atoms with Crippen molar-refractivity contribution in [2.24, 2.45) is 0 Å². The van der Waals surface area contributed by atoms with E-state index in [0.29, 0.717) is 28.9 Å². The Morgan fingerprint density at radius 3 is 2.62 bits per heavy atom. The predicted molar refractivity (Wildman–Crippen MR) is 126 cm³/mol. The Hall–Kier alpha value is -3.13. The Labute approximate surface area is 189 Å². The van der Waals surface area contributed by atoms with Gasteiger partial charge in [0.2, 0.25) is 0 Å². The normalized spacial score (nSPS) is 16.7. The van der Waals surface area contributed by atoms with E-state index in [1.165, 1.54) is 0 Å². The maximum Gasteiger partial charge on any atom is 0.170 e. The number of anilines is 2. The number of rotatable bonds is 6. The molecule has 0 amide bonds. The van der Waals surface area contributed by atoms with Crippen molar-refractivity contribution in [3.63, 3.8) is 0 Å². The molecule has 0 unspecified atom stereocenters. The zero-order valence-electron chi connectivity index (χ0n) is 19.4. The molecule has 1 atom stereocenters. The van der Waals surface area contributed by atoms with Crippen LogP contribution in [0.3, 0.4) is 0 Å². The third kappa shape index (κ3) is 4.55. The highest BCUT2D eigenvalue weighted by molar-refractivity contribution is 5.69. The maximum absolute atomic E-state index is 10.7. The van der Waals surface area contributed by atoms with E-state index < -0.39 is 5.60 Å². The summed E-state index contributed by atoms with van der Waals surface area (Å²) in [6.07, 6.45) is 7.49. The molecule has 3 N–H and O–H groups in total. The van der Waals surface area contributed by atoms with Crippen LogP contribution in [0, 0.1) is 0 Å². The Morgan fingerprint density at radius 1 is 1.22 bits per heavy atom. The van der Waals surface area contributed by atoms with Crippen molar-refractivity contribution < 1.29 is 9.84 Å². The third-order valence-corrected chi connectivity index (χ3v) is 5.83. The van der Waals surface area contributed by atoms with E-state index in [4.69, 9.17) is 15.5 Å². The second-order valence-corrected chi connectivity index (χ2v) is 9.30. The van der Waals surface area contributed by atoms with Gasteiger partial charge in [0.15, 0.2) is 17.3 Å². The van der Waals surface area contributed by atoms with Crippen LogP contribution in [0.4, 0.5) is 11.5 Å². The lowest BCUT2D eigenvalue weighted by atomic mass is 10.0. The van der Waals surface area contributed by atoms with Gasteiger partial charge in [0, 0.05) is 36.1 Å².